The summed E-state index contributed by atoms with van der Waals surface area (Å²) >= 11 is 6.62. The molecule has 0 spiro atoms. The number of aromatic amines is 1. The molecule has 5 rings (SSSR count). The number of halogens is 2. The number of imidazole rings is 1. The molecule has 1 saturated heterocycles. The minimum absolute atomic E-state index is 0.308. The number of fused-ring (bicyclic) bond motifs is 1. The molecule has 0 amide bonds. The van der Waals surface area contributed by atoms with Crippen LogP contribution in [-0.2, 0) is 11.2 Å². The van der Waals surface area contributed by atoms with Gasteiger partial charge in [0.25, 0.3) is 0 Å². The van der Waals surface area contributed by atoms with Crippen molar-refractivity contribution >= 4 is 34.4 Å². The Morgan fingerprint density at radius 2 is 2.06 bits per heavy atom. The van der Waals surface area contributed by atoms with Crippen LogP contribution < -0.4 is 15.0 Å². The Kier molecular flexibility index (Phi) is 6.65. The maximum absolute atomic E-state index is 15.8. The quantitative estimate of drug-likeness (QED) is 0.395. The van der Waals surface area contributed by atoms with Gasteiger partial charge in [-0.2, -0.15) is 0 Å². The topological polar surface area (TPSA) is 101 Å². The van der Waals surface area contributed by atoms with Gasteiger partial charge in [0, 0.05) is 42.0 Å². The molecular weight excluding hydrogens is 473 g/mol. The molecule has 0 unspecified atom stereocenters. The van der Waals surface area contributed by atoms with E-state index in [9.17, 15) is 0 Å². The Bertz CT molecular complexity index is 1360. The van der Waals surface area contributed by atoms with E-state index in [1.54, 1.807) is 25.7 Å². The first-order valence-corrected chi connectivity index (χ1v) is 11.7. The van der Waals surface area contributed by atoms with E-state index in [0.717, 1.165) is 11.1 Å². The normalized spacial score (nSPS) is 13.9. The lowest BCUT2D eigenvalue weighted by Gasteiger charge is -2.28. The molecule has 0 bridgehead atoms. The molecule has 0 saturated carbocycles. The summed E-state index contributed by atoms with van der Waals surface area (Å²) in [7, 11) is 1.59. The second-order valence-electron chi connectivity index (χ2n) is 8.15. The summed E-state index contributed by atoms with van der Waals surface area (Å²) < 4.78 is 27.0. The SMILES string of the molecule is COc1c(CCNc2ncnc3[nH]cnc23)cc(Cl)c(C)c1-c1ccnc(N2CCOCC2)c1F. The van der Waals surface area contributed by atoms with Gasteiger partial charge >= 0.3 is 0 Å². The lowest BCUT2D eigenvalue weighted by Crippen LogP contribution is -2.37. The van der Waals surface area contributed by atoms with Crippen molar-refractivity contribution in [3.05, 3.63) is 53.0 Å². The number of nitrogens with one attached hydrogen (secondary N) is 2. The average Bonchev–Trinajstić information content (AvgIpc) is 3.37. The van der Waals surface area contributed by atoms with Gasteiger partial charge in [0.15, 0.2) is 23.1 Å². The highest BCUT2D eigenvalue weighted by Gasteiger charge is 2.24. The minimum Gasteiger partial charge on any atom is -0.496 e. The summed E-state index contributed by atoms with van der Waals surface area (Å²) in [6.07, 6.45) is 5.24. The lowest BCUT2D eigenvalue weighted by atomic mass is 9.95. The standard InChI is InChI=1S/C24H25ClFN7O2/c1-14-17(25)11-15(3-5-27-22-20-23(30-12-29-20)32-13-31-22)21(34-2)18(14)16-4-6-28-24(19(16)26)33-7-9-35-10-8-33/h4,6,11-13H,3,5,7-10H2,1-2H3,(H2,27,29,30,31,32). The largest absolute Gasteiger partial charge is 0.496 e. The summed E-state index contributed by atoms with van der Waals surface area (Å²) in [4.78, 5) is 21.9. The number of rotatable bonds is 7. The first-order valence-electron chi connectivity index (χ1n) is 11.3. The van der Waals surface area contributed by atoms with Crippen LogP contribution in [-0.4, -0.2) is 64.9 Å². The molecule has 35 heavy (non-hydrogen) atoms. The molecule has 1 aliphatic heterocycles. The van der Waals surface area contributed by atoms with Gasteiger partial charge in [0.2, 0.25) is 0 Å². The highest BCUT2D eigenvalue weighted by atomic mass is 35.5. The predicted molar refractivity (Wildman–Crippen MR) is 133 cm³/mol. The Morgan fingerprint density at radius 1 is 1.23 bits per heavy atom. The van der Waals surface area contributed by atoms with Crippen LogP contribution in [0, 0.1) is 12.7 Å². The van der Waals surface area contributed by atoms with Gasteiger partial charge in [-0.15, -0.1) is 0 Å². The summed E-state index contributed by atoms with van der Waals surface area (Å²) in [6, 6.07) is 3.53. The summed E-state index contributed by atoms with van der Waals surface area (Å²) in [5.41, 5.74) is 3.94. The molecule has 0 atom stereocenters. The first-order chi connectivity index (χ1) is 17.1. The van der Waals surface area contributed by atoms with E-state index < -0.39 is 5.82 Å². The van der Waals surface area contributed by atoms with Gasteiger partial charge in [-0.1, -0.05) is 11.6 Å². The number of benzene rings is 1. The molecular formula is C24H25ClFN7O2. The third-order valence-corrected chi connectivity index (χ3v) is 6.50. The molecule has 9 nitrogen and oxygen atoms in total. The van der Waals surface area contributed by atoms with Gasteiger partial charge in [-0.25, -0.2) is 24.3 Å². The fraction of sp³-hybridized carbons (Fsp3) is 0.333. The second kappa shape index (κ2) is 10.0. The van der Waals surface area contributed by atoms with E-state index >= 15 is 4.39 Å². The van der Waals surface area contributed by atoms with Crippen LogP contribution in [0.3, 0.4) is 0 Å². The number of nitrogens with zero attached hydrogens (tertiary/aromatic N) is 5. The molecule has 0 aliphatic carbocycles. The molecule has 4 heterocycles. The van der Waals surface area contributed by atoms with Crippen LogP contribution >= 0.6 is 11.6 Å². The fourth-order valence-electron chi connectivity index (χ4n) is 4.35. The molecule has 0 radical (unpaired) electrons. The van der Waals surface area contributed by atoms with Gasteiger partial charge in [0.05, 0.1) is 26.7 Å². The molecule has 2 N–H and O–H groups in total. The van der Waals surface area contributed by atoms with Crippen molar-refractivity contribution in [2.24, 2.45) is 0 Å². The van der Waals surface area contributed by atoms with Gasteiger partial charge < -0.3 is 24.7 Å². The third-order valence-electron chi connectivity index (χ3n) is 6.11. The number of ether oxygens (including phenoxy) is 2. The number of hydrogen-bond donors (Lipinski definition) is 2. The zero-order chi connectivity index (χ0) is 24.4. The van der Waals surface area contributed by atoms with Crippen molar-refractivity contribution < 1.29 is 13.9 Å². The minimum atomic E-state index is -0.399. The number of anilines is 2. The van der Waals surface area contributed by atoms with Crippen molar-refractivity contribution in [2.45, 2.75) is 13.3 Å². The van der Waals surface area contributed by atoms with Crippen LogP contribution in [0.15, 0.2) is 31.0 Å². The number of H-pyrrole nitrogens is 1. The predicted octanol–water partition coefficient (Wildman–Crippen LogP) is 4.02. The molecule has 1 aromatic carbocycles. The maximum atomic E-state index is 15.8. The summed E-state index contributed by atoms with van der Waals surface area (Å²) in [5, 5.41) is 3.83. The Balaban J connectivity index is 1.47. The Morgan fingerprint density at radius 3 is 2.86 bits per heavy atom. The summed E-state index contributed by atoms with van der Waals surface area (Å²) in [6.45, 7) is 4.65. The average molecular weight is 498 g/mol. The molecule has 182 valence electrons. The molecule has 1 aliphatic rings. The van der Waals surface area contributed by atoms with Crippen LogP contribution in [0.4, 0.5) is 16.0 Å². The van der Waals surface area contributed by atoms with E-state index in [0.29, 0.717) is 84.0 Å². The van der Waals surface area contributed by atoms with E-state index in [1.165, 1.54) is 6.33 Å². The Labute approximate surface area is 206 Å². The second-order valence-corrected chi connectivity index (χ2v) is 8.55. The molecule has 4 aromatic rings. The number of hydrogen-bond acceptors (Lipinski definition) is 8. The molecule has 3 aromatic heterocycles. The van der Waals surface area contributed by atoms with Gasteiger partial charge in [-0.05, 0) is 36.6 Å². The molecule has 11 heteroatoms. The Hall–Kier alpha value is -3.50. The zero-order valence-electron chi connectivity index (χ0n) is 19.4. The van der Waals surface area contributed by atoms with Gasteiger partial charge in [0.1, 0.15) is 17.6 Å². The highest BCUT2D eigenvalue weighted by molar-refractivity contribution is 6.32. The maximum Gasteiger partial charge on any atom is 0.173 e. The van der Waals surface area contributed by atoms with E-state index in [2.05, 4.69) is 30.2 Å². The van der Waals surface area contributed by atoms with E-state index in [-0.39, 0.29) is 0 Å². The number of methoxy groups -OCH3 is 1. The van der Waals surface area contributed by atoms with Crippen LogP contribution in [0.1, 0.15) is 11.1 Å². The van der Waals surface area contributed by atoms with Crippen molar-refractivity contribution in [2.75, 3.05) is 50.2 Å². The number of morpholine rings is 1. The van der Waals surface area contributed by atoms with Gasteiger partial charge in [-0.3, -0.25) is 0 Å². The monoisotopic (exact) mass is 497 g/mol. The van der Waals surface area contributed by atoms with Crippen molar-refractivity contribution in [3.8, 4) is 16.9 Å². The lowest BCUT2D eigenvalue weighted by molar-refractivity contribution is 0.122. The van der Waals surface area contributed by atoms with Crippen LogP contribution in [0.25, 0.3) is 22.3 Å². The molecule has 1 fully saturated rings. The summed E-state index contributed by atoms with van der Waals surface area (Å²) in [5.74, 6) is 1.12. The fourth-order valence-corrected chi connectivity index (χ4v) is 4.58. The smallest absolute Gasteiger partial charge is 0.173 e. The van der Waals surface area contributed by atoms with E-state index in [1.807, 2.05) is 17.9 Å². The van der Waals surface area contributed by atoms with Crippen molar-refractivity contribution in [3.63, 3.8) is 0 Å². The number of pyridine rings is 1. The van der Waals surface area contributed by atoms with Crippen molar-refractivity contribution in [1.82, 2.24) is 24.9 Å². The van der Waals surface area contributed by atoms with Crippen LogP contribution in [0.5, 0.6) is 5.75 Å². The first kappa shape index (κ1) is 23.3. The zero-order valence-corrected chi connectivity index (χ0v) is 20.2. The van der Waals surface area contributed by atoms with E-state index in [4.69, 9.17) is 21.1 Å². The van der Waals surface area contributed by atoms with Crippen LogP contribution in [0.2, 0.25) is 5.02 Å². The third kappa shape index (κ3) is 4.46. The number of aromatic nitrogens is 5. The highest BCUT2D eigenvalue weighted by Crippen LogP contribution is 2.42. The van der Waals surface area contributed by atoms with Crippen molar-refractivity contribution in [1.29, 1.82) is 0 Å².